The quantitative estimate of drug-likeness (QED) is 0.186. The zero-order valence-electron chi connectivity index (χ0n) is 29.4. The number of hydrogen-bond donors (Lipinski definition) is 3. The van der Waals surface area contributed by atoms with Crippen molar-refractivity contribution in [1.29, 1.82) is 0 Å². The van der Waals surface area contributed by atoms with E-state index in [9.17, 15) is 14.4 Å². The van der Waals surface area contributed by atoms with Crippen LogP contribution in [0, 0.1) is 0 Å². The number of aromatic nitrogens is 1. The van der Waals surface area contributed by atoms with Crippen LogP contribution >= 0.6 is 11.8 Å². The number of hydrogen-bond acceptors (Lipinski definition) is 9. The minimum atomic E-state index is -0.629. The highest BCUT2D eigenvalue weighted by atomic mass is 32.2. The van der Waals surface area contributed by atoms with Crippen molar-refractivity contribution < 1.29 is 28.5 Å². The van der Waals surface area contributed by atoms with E-state index in [1.807, 2.05) is 41.5 Å². The molecule has 6 rings (SSSR count). The van der Waals surface area contributed by atoms with Crippen LogP contribution in [-0.4, -0.2) is 74.7 Å². The number of thioether (sulfide) groups is 1. The molecule has 2 amide bonds. The van der Waals surface area contributed by atoms with Crippen molar-refractivity contribution in [3.05, 3.63) is 75.1 Å². The molecule has 0 saturated heterocycles. The second-order valence-electron chi connectivity index (χ2n) is 12.6. The van der Waals surface area contributed by atoms with Crippen LogP contribution in [0.25, 0.3) is 22.0 Å². The van der Waals surface area contributed by atoms with E-state index in [0.29, 0.717) is 67.3 Å². The van der Waals surface area contributed by atoms with Crippen molar-refractivity contribution in [3.8, 4) is 34.1 Å². The van der Waals surface area contributed by atoms with Crippen LogP contribution in [-0.2, 0) is 29.0 Å². The number of anilines is 1. The average Bonchev–Trinajstić information content (AvgIpc) is 3.33. The summed E-state index contributed by atoms with van der Waals surface area (Å²) in [5, 5.41) is 7.44. The van der Waals surface area contributed by atoms with Gasteiger partial charge in [0.15, 0.2) is 11.5 Å². The first kappa shape index (κ1) is 35.0. The lowest BCUT2D eigenvalue weighted by Gasteiger charge is -2.31. The first-order valence-corrected chi connectivity index (χ1v) is 18.1. The Balaban J connectivity index is 1.39. The van der Waals surface area contributed by atoms with Crippen molar-refractivity contribution in [3.63, 3.8) is 0 Å². The molecule has 2 unspecified atom stereocenters. The third kappa shape index (κ3) is 6.68. The SMILES string of the molecule is COc1ccc2[nH]c3c(c2c1)CN(C(=O)C(CCSC)Nc1ccc2c(cc1=O)C(NC(C)=O)CCc1cc(OC)c(OC)c(OC)c1-2)CC3. The van der Waals surface area contributed by atoms with Gasteiger partial charge in [-0.15, -0.1) is 0 Å². The van der Waals surface area contributed by atoms with Gasteiger partial charge in [0.2, 0.25) is 23.0 Å². The molecule has 50 heavy (non-hydrogen) atoms. The van der Waals surface area contributed by atoms with Crippen molar-refractivity contribution >= 4 is 40.2 Å². The number of ether oxygens (including phenoxy) is 4. The number of aryl methyl sites for hydroxylation is 1. The van der Waals surface area contributed by atoms with E-state index < -0.39 is 12.1 Å². The van der Waals surface area contributed by atoms with E-state index in [1.54, 1.807) is 52.3 Å². The lowest BCUT2D eigenvalue weighted by atomic mass is 9.95. The Bertz CT molecular complexity index is 1990. The van der Waals surface area contributed by atoms with Crippen molar-refractivity contribution in [1.82, 2.24) is 15.2 Å². The average molecular weight is 701 g/mol. The molecule has 3 N–H and O–H groups in total. The largest absolute Gasteiger partial charge is 0.497 e. The number of nitrogens with zero attached hydrogens (tertiary/aromatic N) is 1. The fraction of sp³-hybridized carbons (Fsp3) is 0.395. The standard InChI is InChI=1S/C38H44N4O7S/c1-21(43)39-28-10-7-22-17-34(47-3)36(48-4)37(49-5)35(22)24-9-12-31(33(44)19-26(24)28)41-32(14-16-50-6)38(45)42-15-13-30-27(20-42)25-18-23(46-2)8-11-29(25)40-30/h8-9,11-12,17-19,28,32,40H,7,10,13-16,20H2,1-6H3,(H,39,43)(H,41,44). The molecule has 0 radical (unpaired) electrons. The van der Waals surface area contributed by atoms with E-state index in [0.717, 1.165) is 50.4 Å². The highest BCUT2D eigenvalue weighted by Gasteiger charge is 2.32. The van der Waals surface area contributed by atoms with Gasteiger partial charge in [0, 0.05) is 54.2 Å². The summed E-state index contributed by atoms with van der Waals surface area (Å²) >= 11 is 1.65. The molecule has 1 aromatic heterocycles. The Morgan fingerprint density at radius 1 is 1.00 bits per heavy atom. The number of nitrogens with one attached hydrogen (secondary N) is 3. The molecule has 0 spiro atoms. The number of aromatic amines is 1. The second-order valence-corrected chi connectivity index (χ2v) is 13.6. The maximum atomic E-state index is 14.3. The molecule has 2 heterocycles. The number of amides is 2. The van der Waals surface area contributed by atoms with E-state index in [-0.39, 0.29) is 17.2 Å². The van der Waals surface area contributed by atoms with Crippen LogP contribution in [0.1, 0.15) is 48.2 Å². The Kier molecular flexibility index (Phi) is 10.5. The van der Waals surface area contributed by atoms with Crippen LogP contribution in [0.15, 0.2) is 47.3 Å². The first-order valence-electron chi connectivity index (χ1n) is 16.7. The van der Waals surface area contributed by atoms with E-state index >= 15 is 0 Å². The minimum absolute atomic E-state index is 0.0608. The van der Waals surface area contributed by atoms with Gasteiger partial charge >= 0.3 is 0 Å². The molecule has 2 aliphatic rings. The van der Waals surface area contributed by atoms with Gasteiger partial charge in [0.25, 0.3) is 0 Å². The molecule has 2 atom stereocenters. The Morgan fingerprint density at radius 2 is 1.80 bits per heavy atom. The van der Waals surface area contributed by atoms with Crippen LogP contribution in [0.4, 0.5) is 5.69 Å². The van der Waals surface area contributed by atoms with Gasteiger partial charge in [0.1, 0.15) is 11.8 Å². The fourth-order valence-electron chi connectivity index (χ4n) is 7.24. The molecule has 4 aromatic rings. The van der Waals surface area contributed by atoms with Gasteiger partial charge in [-0.3, -0.25) is 14.4 Å². The molecule has 264 valence electrons. The van der Waals surface area contributed by atoms with E-state index in [2.05, 4.69) is 15.6 Å². The van der Waals surface area contributed by atoms with Crippen molar-refractivity contribution in [2.45, 2.75) is 51.2 Å². The Morgan fingerprint density at radius 3 is 2.50 bits per heavy atom. The van der Waals surface area contributed by atoms with E-state index in [4.69, 9.17) is 18.9 Å². The van der Waals surface area contributed by atoms with Crippen molar-refractivity contribution in [2.24, 2.45) is 0 Å². The summed E-state index contributed by atoms with van der Waals surface area (Å²) in [6.07, 6.45) is 4.39. The highest BCUT2D eigenvalue weighted by molar-refractivity contribution is 7.98. The molecule has 0 saturated carbocycles. The normalized spacial score (nSPS) is 15.6. The third-order valence-corrected chi connectivity index (χ3v) is 10.3. The van der Waals surface area contributed by atoms with Gasteiger partial charge < -0.3 is 39.5 Å². The summed E-state index contributed by atoms with van der Waals surface area (Å²) in [5.74, 6) is 2.67. The molecular weight excluding hydrogens is 657 g/mol. The lowest BCUT2D eigenvalue weighted by Crippen LogP contribution is -2.45. The zero-order valence-corrected chi connectivity index (χ0v) is 30.2. The number of benzene rings is 2. The lowest BCUT2D eigenvalue weighted by molar-refractivity contribution is -0.133. The Labute approximate surface area is 296 Å². The number of carbonyl (C=O) groups excluding carboxylic acids is 2. The molecular formula is C38H44N4O7S. The first-order chi connectivity index (χ1) is 24.2. The number of carbonyl (C=O) groups is 2. The van der Waals surface area contributed by atoms with Crippen molar-refractivity contribution in [2.75, 3.05) is 52.3 Å². The van der Waals surface area contributed by atoms with Crippen LogP contribution < -0.4 is 35.0 Å². The molecule has 1 aliphatic carbocycles. The predicted octanol–water partition coefficient (Wildman–Crippen LogP) is 5.47. The van der Waals surface area contributed by atoms with Gasteiger partial charge in [-0.05, 0) is 84.4 Å². The van der Waals surface area contributed by atoms with Crippen LogP contribution in [0.5, 0.6) is 23.0 Å². The van der Waals surface area contributed by atoms with Gasteiger partial charge in [-0.2, -0.15) is 11.8 Å². The fourth-order valence-corrected chi connectivity index (χ4v) is 7.71. The maximum absolute atomic E-state index is 14.3. The minimum Gasteiger partial charge on any atom is -0.497 e. The molecule has 11 nitrogen and oxygen atoms in total. The summed E-state index contributed by atoms with van der Waals surface area (Å²) in [6, 6.07) is 12.0. The predicted molar refractivity (Wildman–Crippen MR) is 197 cm³/mol. The monoisotopic (exact) mass is 700 g/mol. The summed E-state index contributed by atoms with van der Waals surface area (Å²) in [5.41, 5.74) is 6.34. The maximum Gasteiger partial charge on any atom is 0.245 e. The van der Waals surface area contributed by atoms with Gasteiger partial charge in [-0.1, -0.05) is 6.07 Å². The summed E-state index contributed by atoms with van der Waals surface area (Å²) in [7, 11) is 6.34. The Hall–Kier alpha value is -4.84. The number of rotatable bonds is 11. The molecule has 12 heteroatoms. The molecule has 3 aromatic carbocycles. The molecule has 0 fully saturated rings. The summed E-state index contributed by atoms with van der Waals surface area (Å²) in [4.78, 5) is 46.1. The highest BCUT2D eigenvalue weighted by Crippen LogP contribution is 2.50. The summed E-state index contributed by atoms with van der Waals surface area (Å²) in [6.45, 7) is 2.49. The van der Waals surface area contributed by atoms with Crippen LogP contribution in [0.3, 0.4) is 0 Å². The topological polar surface area (TPSA) is 131 Å². The smallest absolute Gasteiger partial charge is 0.245 e. The van der Waals surface area contributed by atoms with Crippen LogP contribution in [0.2, 0.25) is 0 Å². The zero-order chi connectivity index (χ0) is 35.5. The third-order valence-electron chi connectivity index (χ3n) is 9.65. The molecule has 1 aliphatic heterocycles. The summed E-state index contributed by atoms with van der Waals surface area (Å²) < 4.78 is 22.7. The number of H-pyrrole nitrogens is 1. The van der Waals surface area contributed by atoms with Gasteiger partial charge in [-0.25, -0.2) is 0 Å². The number of methoxy groups -OCH3 is 4. The van der Waals surface area contributed by atoms with Gasteiger partial charge in [0.05, 0.1) is 40.2 Å². The molecule has 0 bridgehead atoms. The number of fused-ring (bicyclic) bond motifs is 6. The van der Waals surface area contributed by atoms with E-state index in [1.165, 1.54) is 6.92 Å². The second kappa shape index (κ2) is 15.0.